The molecule has 44 heavy (non-hydrogen) atoms. The number of esters is 1. The van der Waals surface area contributed by atoms with E-state index < -0.39 is 65.3 Å². The third-order valence-electron chi connectivity index (χ3n) is 7.04. The Bertz CT molecular complexity index is 1540. The zero-order chi connectivity index (χ0) is 33.3. The Labute approximate surface area is 250 Å². The Hall–Kier alpha value is -3.58. The van der Waals surface area contributed by atoms with Crippen molar-refractivity contribution in [2.75, 3.05) is 13.2 Å². The van der Waals surface area contributed by atoms with Gasteiger partial charge in [0, 0.05) is 22.5 Å². The van der Waals surface area contributed by atoms with Crippen molar-refractivity contribution in [1.29, 1.82) is 0 Å². The molecule has 0 radical (unpaired) electrons. The first-order valence-electron chi connectivity index (χ1n) is 13.8. The average molecular weight is 631 g/mol. The second-order valence-corrected chi connectivity index (χ2v) is 12.1. The van der Waals surface area contributed by atoms with Gasteiger partial charge in [0.05, 0.1) is 11.5 Å². The predicted octanol–water partition coefficient (Wildman–Crippen LogP) is 6.33. The fourth-order valence-corrected chi connectivity index (χ4v) is 4.52. The molecule has 0 saturated heterocycles. The number of carbonyl (C=O) groups is 1. The molecule has 0 aliphatic carbocycles. The van der Waals surface area contributed by atoms with Gasteiger partial charge in [-0.25, -0.2) is 4.79 Å². The zero-order valence-electron chi connectivity index (χ0n) is 25.0. The Kier molecular flexibility index (Phi) is 9.86. The molecule has 0 aliphatic rings. The molecular weight excluding hydrogens is 594 g/mol. The van der Waals surface area contributed by atoms with E-state index in [0.717, 1.165) is 17.7 Å². The average Bonchev–Trinajstić information content (AvgIpc) is 2.92. The van der Waals surface area contributed by atoms with Crippen LogP contribution in [0.2, 0.25) is 0 Å². The van der Waals surface area contributed by atoms with Crippen LogP contribution in [0.5, 0.6) is 5.75 Å². The summed E-state index contributed by atoms with van der Waals surface area (Å²) in [6, 6.07) is 12.2. The number of benzene rings is 2. The van der Waals surface area contributed by atoms with Crippen molar-refractivity contribution >= 4 is 16.9 Å². The number of hydrogen-bond acceptors (Lipinski definition) is 7. The Morgan fingerprint density at radius 1 is 0.886 bits per heavy atom. The van der Waals surface area contributed by atoms with E-state index in [0.29, 0.717) is 17.4 Å². The maximum Gasteiger partial charge on any atom is 0.378 e. The summed E-state index contributed by atoms with van der Waals surface area (Å²) < 4.78 is 102. The lowest BCUT2D eigenvalue weighted by molar-refractivity contribution is -0.322. The van der Waals surface area contributed by atoms with Crippen LogP contribution in [0.1, 0.15) is 46.6 Å². The lowest BCUT2D eigenvalue weighted by atomic mass is 9.80. The van der Waals surface area contributed by atoms with Crippen LogP contribution in [0.15, 0.2) is 57.7 Å². The second-order valence-electron chi connectivity index (χ2n) is 12.1. The highest BCUT2D eigenvalue weighted by atomic mass is 19.3. The van der Waals surface area contributed by atoms with E-state index in [1.807, 2.05) is 19.1 Å². The first kappa shape index (κ1) is 34.9. The summed E-state index contributed by atoms with van der Waals surface area (Å²) in [7, 11) is 0. The lowest BCUT2D eigenvalue weighted by Gasteiger charge is -2.35. The normalized spacial score (nSPS) is 14.0. The number of hydrogen-bond donors (Lipinski definition) is 2. The molecule has 13 heteroatoms. The third-order valence-corrected chi connectivity index (χ3v) is 7.04. The van der Waals surface area contributed by atoms with E-state index in [1.165, 1.54) is 39.8 Å². The van der Waals surface area contributed by atoms with Gasteiger partial charge in [-0.3, -0.25) is 4.79 Å². The molecule has 1 atom stereocenters. The lowest BCUT2D eigenvalue weighted by Crippen LogP contribution is -2.59. The number of carbonyl (C=O) groups excluding carboxylic acids is 1. The molecule has 2 aromatic carbocycles. The number of rotatable bonds is 13. The summed E-state index contributed by atoms with van der Waals surface area (Å²) in [5.74, 6) is -20.0. The van der Waals surface area contributed by atoms with Gasteiger partial charge in [-0.1, -0.05) is 31.2 Å². The third kappa shape index (κ3) is 7.73. The van der Waals surface area contributed by atoms with E-state index in [2.05, 4.69) is 4.74 Å². The fourth-order valence-electron chi connectivity index (χ4n) is 4.52. The van der Waals surface area contributed by atoms with Crippen molar-refractivity contribution in [2.45, 2.75) is 76.3 Å². The van der Waals surface area contributed by atoms with Gasteiger partial charge in [0.1, 0.15) is 11.3 Å². The van der Waals surface area contributed by atoms with Crippen molar-refractivity contribution in [1.82, 2.24) is 0 Å². The largest absolute Gasteiger partial charge is 0.487 e. The maximum atomic E-state index is 14.6. The van der Waals surface area contributed by atoms with Gasteiger partial charge in [-0.05, 0) is 69.9 Å². The first-order chi connectivity index (χ1) is 20.1. The molecule has 242 valence electrons. The van der Waals surface area contributed by atoms with E-state index in [4.69, 9.17) is 20.6 Å². The molecule has 0 fully saturated rings. The highest BCUT2D eigenvalue weighted by Gasteiger charge is 2.72. The zero-order valence-corrected chi connectivity index (χ0v) is 25.0. The minimum absolute atomic E-state index is 0.101. The summed E-state index contributed by atoms with van der Waals surface area (Å²) in [6.07, 6.45) is 0.486. The van der Waals surface area contributed by atoms with Crippen LogP contribution >= 0.6 is 0 Å². The highest BCUT2D eigenvalue weighted by molar-refractivity contribution is 5.83. The van der Waals surface area contributed by atoms with Crippen molar-refractivity contribution in [3.05, 3.63) is 64.5 Å². The van der Waals surface area contributed by atoms with Gasteiger partial charge in [0.25, 0.3) is 0 Å². The quantitative estimate of drug-likeness (QED) is 0.129. The topological polar surface area (TPSA) is 118 Å². The van der Waals surface area contributed by atoms with Gasteiger partial charge in [0.15, 0.2) is 13.2 Å². The molecule has 0 bridgehead atoms. The smallest absolute Gasteiger partial charge is 0.378 e. The molecule has 0 spiro atoms. The molecule has 3 rings (SSSR count). The molecule has 0 amide bonds. The monoisotopic (exact) mass is 630 g/mol. The Balaban J connectivity index is 1.75. The number of ether oxygens (including phenoxy) is 2. The van der Waals surface area contributed by atoms with Crippen molar-refractivity contribution in [2.24, 2.45) is 17.4 Å². The molecule has 1 heterocycles. The summed E-state index contributed by atoms with van der Waals surface area (Å²) in [6.45, 7) is 3.22. The van der Waals surface area contributed by atoms with Crippen molar-refractivity contribution in [3.63, 3.8) is 0 Å². The van der Waals surface area contributed by atoms with E-state index >= 15 is 0 Å². The van der Waals surface area contributed by atoms with E-state index in [-0.39, 0.29) is 17.6 Å². The van der Waals surface area contributed by atoms with E-state index in [9.17, 15) is 35.9 Å². The van der Waals surface area contributed by atoms with Gasteiger partial charge >= 0.3 is 29.4 Å². The summed E-state index contributed by atoms with van der Waals surface area (Å²) in [5.41, 5.74) is 10.4. The minimum Gasteiger partial charge on any atom is -0.487 e. The highest BCUT2D eigenvalue weighted by Crippen LogP contribution is 2.46. The van der Waals surface area contributed by atoms with Gasteiger partial charge < -0.3 is 25.4 Å². The van der Waals surface area contributed by atoms with Gasteiger partial charge in [0.2, 0.25) is 0 Å². The summed E-state index contributed by atoms with van der Waals surface area (Å²) in [5, 5.41) is 0.375. The second kappa shape index (κ2) is 12.4. The first-order valence-corrected chi connectivity index (χ1v) is 13.8. The van der Waals surface area contributed by atoms with Crippen LogP contribution in [0.4, 0.5) is 26.3 Å². The SMILES string of the molecule is CCc1ccccc1-c1cc2ccc(OCC(F)(F)C(F)(F)C(F)(F)COC(=O)C(CC(C)(C)N)C(C)(C)N)cc2oc1=O. The van der Waals surface area contributed by atoms with Crippen LogP contribution in [0.25, 0.3) is 22.1 Å². The van der Waals surface area contributed by atoms with Crippen molar-refractivity contribution in [3.8, 4) is 16.9 Å². The molecule has 1 aromatic heterocycles. The number of aryl methyl sites for hydroxylation is 1. The van der Waals surface area contributed by atoms with Crippen LogP contribution in [-0.2, 0) is 16.0 Å². The van der Waals surface area contributed by atoms with E-state index in [1.54, 1.807) is 12.1 Å². The molecule has 7 nitrogen and oxygen atoms in total. The van der Waals surface area contributed by atoms with Crippen LogP contribution in [-0.4, -0.2) is 48.0 Å². The number of halogens is 6. The Morgan fingerprint density at radius 3 is 2.09 bits per heavy atom. The Morgan fingerprint density at radius 2 is 1.50 bits per heavy atom. The summed E-state index contributed by atoms with van der Waals surface area (Å²) in [4.78, 5) is 25.2. The minimum atomic E-state index is -5.99. The number of fused-ring (bicyclic) bond motifs is 1. The predicted molar refractivity (Wildman–Crippen MR) is 153 cm³/mol. The number of alkyl halides is 6. The summed E-state index contributed by atoms with van der Waals surface area (Å²) >= 11 is 0. The molecule has 0 aliphatic heterocycles. The molecule has 4 N–H and O–H groups in total. The maximum absolute atomic E-state index is 14.6. The molecule has 3 aromatic rings. The van der Waals surface area contributed by atoms with Crippen molar-refractivity contribution < 1.29 is 45.0 Å². The van der Waals surface area contributed by atoms with Gasteiger partial charge in [-0.15, -0.1) is 0 Å². The fraction of sp³-hybridized carbons (Fsp3) is 0.484. The molecule has 0 saturated carbocycles. The van der Waals surface area contributed by atoms with Crippen LogP contribution < -0.4 is 21.8 Å². The number of nitrogens with two attached hydrogens (primary N) is 2. The van der Waals surface area contributed by atoms with Crippen LogP contribution in [0.3, 0.4) is 0 Å². The standard InChI is InChI=1S/C31H36F6N2O5/c1-6-18-9-7-8-10-21(18)22-13-19-11-12-20(14-24(19)44-25(22)40)42-16-29(32,33)31(36,37)30(34,35)17-43-26(41)23(28(4,5)39)15-27(2,3)38/h7-14,23H,6,15-17,38-39H2,1-5H3. The molecular formula is C31H36F6N2O5. The molecule has 1 unspecified atom stereocenters. The van der Waals surface area contributed by atoms with Crippen LogP contribution in [0, 0.1) is 5.92 Å². The van der Waals surface area contributed by atoms with Gasteiger partial charge in [-0.2, -0.15) is 26.3 Å².